The summed E-state index contributed by atoms with van der Waals surface area (Å²) in [6.45, 7) is 1.92. The molecule has 0 aliphatic carbocycles. The van der Waals surface area contributed by atoms with Gasteiger partial charge in [-0.1, -0.05) is 11.6 Å². The summed E-state index contributed by atoms with van der Waals surface area (Å²) in [6, 6.07) is 3.76. The summed E-state index contributed by atoms with van der Waals surface area (Å²) < 4.78 is 1.66. The summed E-state index contributed by atoms with van der Waals surface area (Å²) in [7, 11) is 0. The fourth-order valence-corrected chi connectivity index (χ4v) is 1.49. The maximum absolute atomic E-state index is 5.82. The molecule has 0 aromatic carbocycles. The Morgan fingerprint density at radius 1 is 1.33 bits per heavy atom. The molecule has 2 aromatic rings. The summed E-state index contributed by atoms with van der Waals surface area (Å²) in [5, 5.41) is 4.52. The van der Waals surface area contributed by atoms with E-state index in [1.165, 1.54) is 0 Å². The molecular formula is C7H5Cl2N3. The molecule has 12 heavy (non-hydrogen) atoms. The van der Waals surface area contributed by atoms with Crippen LogP contribution in [0.15, 0.2) is 12.1 Å². The van der Waals surface area contributed by atoms with E-state index >= 15 is 0 Å². The molecule has 62 valence electrons. The van der Waals surface area contributed by atoms with E-state index in [0.717, 1.165) is 11.2 Å². The summed E-state index contributed by atoms with van der Waals surface area (Å²) in [5.41, 5.74) is 1.76. The Bertz CT molecular complexity index is 435. The number of rotatable bonds is 0. The van der Waals surface area contributed by atoms with Crippen LogP contribution in [-0.2, 0) is 0 Å². The first-order valence-corrected chi connectivity index (χ1v) is 4.11. The Hall–Kier alpha value is -0.800. The zero-order chi connectivity index (χ0) is 8.72. The largest absolute Gasteiger partial charge is 0.242 e. The van der Waals surface area contributed by atoms with Crippen LogP contribution in [0.5, 0.6) is 0 Å². The quantitative estimate of drug-likeness (QED) is 0.656. The molecule has 0 saturated heterocycles. The van der Waals surface area contributed by atoms with Crippen molar-refractivity contribution in [1.82, 2.24) is 14.6 Å². The van der Waals surface area contributed by atoms with E-state index in [1.807, 2.05) is 19.1 Å². The van der Waals surface area contributed by atoms with Crippen LogP contribution in [0.2, 0.25) is 10.4 Å². The Labute approximate surface area is 78.9 Å². The lowest BCUT2D eigenvalue weighted by Crippen LogP contribution is -1.96. The van der Waals surface area contributed by atoms with Gasteiger partial charge in [-0.3, -0.25) is 0 Å². The standard InChI is InChI=1S/C7H5Cl2N3/c1-4-2-3-5-6(8)10-7(9)11-12(4)5/h2-3H,1H3. The van der Waals surface area contributed by atoms with Crippen molar-refractivity contribution in [3.8, 4) is 0 Å². The highest BCUT2D eigenvalue weighted by Gasteiger charge is 2.05. The second kappa shape index (κ2) is 2.61. The predicted molar refractivity (Wildman–Crippen MR) is 47.7 cm³/mol. The van der Waals surface area contributed by atoms with Gasteiger partial charge in [-0.15, -0.1) is 5.10 Å². The normalized spacial score (nSPS) is 10.9. The number of aromatic nitrogens is 3. The molecule has 0 aliphatic heterocycles. The third kappa shape index (κ3) is 1.06. The summed E-state index contributed by atoms with van der Waals surface area (Å²) in [5.74, 6) is 0. The van der Waals surface area contributed by atoms with Crippen LogP contribution in [0, 0.1) is 6.92 Å². The van der Waals surface area contributed by atoms with E-state index in [0.29, 0.717) is 5.15 Å². The van der Waals surface area contributed by atoms with Crippen LogP contribution in [0.1, 0.15) is 5.69 Å². The third-order valence-electron chi connectivity index (χ3n) is 1.63. The van der Waals surface area contributed by atoms with Crippen LogP contribution >= 0.6 is 23.2 Å². The molecular weight excluding hydrogens is 197 g/mol. The van der Waals surface area contributed by atoms with E-state index in [2.05, 4.69) is 10.1 Å². The average molecular weight is 202 g/mol. The van der Waals surface area contributed by atoms with Gasteiger partial charge in [0.1, 0.15) is 5.52 Å². The van der Waals surface area contributed by atoms with Crippen molar-refractivity contribution in [2.24, 2.45) is 0 Å². The molecule has 2 aromatic heterocycles. The van der Waals surface area contributed by atoms with Gasteiger partial charge in [-0.2, -0.15) is 0 Å². The summed E-state index contributed by atoms with van der Waals surface area (Å²) in [6.07, 6.45) is 0. The van der Waals surface area contributed by atoms with E-state index in [1.54, 1.807) is 4.52 Å². The summed E-state index contributed by atoms with van der Waals surface area (Å²) >= 11 is 11.4. The molecule has 0 N–H and O–H groups in total. The molecule has 3 nitrogen and oxygen atoms in total. The minimum absolute atomic E-state index is 0.159. The number of halogens is 2. The Balaban J connectivity index is 2.92. The second-order valence-electron chi connectivity index (χ2n) is 2.44. The number of fused-ring (bicyclic) bond motifs is 1. The highest BCUT2D eigenvalue weighted by atomic mass is 35.5. The van der Waals surface area contributed by atoms with Crippen molar-refractivity contribution in [3.63, 3.8) is 0 Å². The van der Waals surface area contributed by atoms with Crippen LogP contribution < -0.4 is 0 Å². The van der Waals surface area contributed by atoms with Gasteiger partial charge in [-0.05, 0) is 30.7 Å². The van der Waals surface area contributed by atoms with Crippen molar-refractivity contribution in [3.05, 3.63) is 28.3 Å². The number of nitrogens with zero attached hydrogens (tertiary/aromatic N) is 3. The van der Waals surface area contributed by atoms with Crippen molar-refractivity contribution >= 4 is 28.7 Å². The van der Waals surface area contributed by atoms with Crippen LogP contribution in [0.25, 0.3) is 5.52 Å². The molecule has 0 atom stereocenters. The maximum Gasteiger partial charge on any atom is 0.242 e. The first-order valence-electron chi connectivity index (χ1n) is 3.36. The highest BCUT2D eigenvalue weighted by Crippen LogP contribution is 2.17. The highest BCUT2D eigenvalue weighted by molar-refractivity contribution is 6.34. The van der Waals surface area contributed by atoms with Crippen LogP contribution in [0.4, 0.5) is 0 Å². The Kier molecular flexibility index (Phi) is 1.70. The Morgan fingerprint density at radius 2 is 2.08 bits per heavy atom. The van der Waals surface area contributed by atoms with Crippen LogP contribution in [0.3, 0.4) is 0 Å². The predicted octanol–water partition coefficient (Wildman–Crippen LogP) is 2.34. The van der Waals surface area contributed by atoms with Crippen molar-refractivity contribution < 1.29 is 0 Å². The zero-order valence-corrected chi connectivity index (χ0v) is 7.76. The number of hydrogen-bond donors (Lipinski definition) is 0. The van der Waals surface area contributed by atoms with Gasteiger partial charge in [-0.25, -0.2) is 9.50 Å². The van der Waals surface area contributed by atoms with Crippen molar-refractivity contribution in [2.75, 3.05) is 0 Å². The van der Waals surface area contributed by atoms with Crippen molar-refractivity contribution in [2.45, 2.75) is 6.92 Å². The zero-order valence-electron chi connectivity index (χ0n) is 6.25. The van der Waals surface area contributed by atoms with Crippen molar-refractivity contribution in [1.29, 1.82) is 0 Å². The first-order chi connectivity index (χ1) is 5.68. The van der Waals surface area contributed by atoms with E-state index < -0.39 is 0 Å². The fraction of sp³-hybridized carbons (Fsp3) is 0.143. The van der Waals surface area contributed by atoms with Gasteiger partial charge >= 0.3 is 0 Å². The Morgan fingerprint density at radius 3 is 2.83 bits per heavy atom. The van der Waals surface area contributed by atoms with Gasteiger partial charge in [0.2, 0.25) is 5.28 Å². The van der Waals surface area contributed by atoms with Gasteiger partial charge in [0.15, 0.2) is 5.15 Å². The SMILES string of the molecule is Cc1ccc2c(Cl)nc(Cl)nn12. The molecule has 0 spiro atoms. The lowest BCUT2D eigenvalue weighted by Gasteiger charge is -1.97. The van der Waals surface area contributed by atoms with E-state index in [9.17, 15) is 0 Å². The molecule has 0 unspecified atom stereocenters. The lowest BCUT2D eigenvalue weighted by molar-refractivity contribution is 0.873. The first kappa shape index (κ1) is 7.83. The molecule has 0 radical (unpaired) electrons. The number of aryl methyl sites for hydroxylation is 1. The van der Waals surface area contributed by atoms with E-state index in [4.69, 9.17) is 23.2 Å². The smallest absolute Gasteiger partial charge is 0.232 e. The van der Waals surface area contributed by atoms with Crippen LogP contribution in [-0.4, -0.2) is 14.6 Å². The van der Waals surface area contributed by atoms with Gasteiger partial charge in [0.05, 0.1) is 0 Å². The molecule has 2 heterocycles. The maximum atomic E-state index is 5.82. The minimum atomic E-state index is 0.159. The monoisotopic (exact) mass is 201 g/mol. The summed E-state index contributed by atoms with van der Waals surface area (Å²) in [4.78, 5) is 3.81. The lowest BCUT2D eigenvalue weighted by atomic mass is 10.5. The molecule has 0 bridgehead atoms. The molecule has 0 aliphatic rings. The van der Waals surface area contributed by atoms with E-state index in [-0.39, 0.29) is 5.28 Å². The fourth-order valence-electron chi connectivity index (χ4n) is 1.06. The molecule has 0 fully saturated rings. The van der Waals surface area contributed by atoms with Gasteiger partial charge < -0.3 is 0 Å². The molecule has 2 rings (SSSR count). The molecule has 5 heteroatoms. The average Bonchev–Trinajstić information content (AvgIpc) is 2.33. The van der Waals surface area contributed by atoms with Gasteiger partial charge in [0, 0.05) is 5.69 Å². The van der Waals surface area contributed by atoms with Gasteiger partial charge in [0.25, 0.3) is 0 Å². The topological polar surface area (TPSA) is 30.2 Å². The molecule has 0 amide bonds. The third-order valence-corrected chi connectivity index (χ3v) is 2.07. The second-order valence-corrected chi connectivity index (χ2v) is 3.14. The minimum Gasteiger partial charge on any atom is -0.232 e. The molecule has 0 saturated carbocycles. The number of hydrogen-bond acceptors (Lipinski definition) is 2.